The van der Waals surface area contributed by atoms with Crippen molar-refractivity contribution in [1.82, 2.24) is 0 Å². The van der Waals surface area contributed by atoms with E-state index >= 15 is 0 Å². The van der Waals surface area contributed by atoms with Crippen LogP contribution in [0.25, 0.3) is 0 Å². The van der Waals surface area contributed by atoms with Gasteiger partial charge in [0.2, 0.25) is 0 Å². The standard InChI is InChI=1S/C14H13NO6/c1-9-10(5-4-6-13(16)20-2)7-11(15(18)19)8-12(9)14(17)21-3/h7-8H,6H2,1-3H3. The minimum atomic E-state index is -0.688. The van der Waals surface area contributed by atoms with Crippen molar-refractivity contribution >= 4 is 17.6 Å². The van der Waals surface area contributed by atoms with Gasteiger partial charge in [-0.05, 0) is 12.5 Å². The summed E-state index contributed by atoms with van der Waals surface area (Å²) in [7, 11) is 2.42. The van der Waals surface area contributed by atoms with Gasteiger partial charge in [0, 0.05) is 17.7 Å². The van der Waals surface area contributed by atoms with Crippen molar-refractivity contribution in [3.63, 3.8) is 0 Å². The van der Waals surface area contributed by atoms with Gasteiger partial charge in [-0.15, -0.1) is 0 Å². The van der Waals surface area contributed by atoms with E-state index in [0.717, 1.165) is 6.07 Å². The molecule has 0 atom stereocenters. The molecule has 0 bridgehead atoms. The molecule has 0 aliphatic rings. The number of nitrogens with zero attached hydrogens (tertiary/aromatic N) is 1. The summed E-state index contributed by atoms with van der Waals surface area (Å²) < 4.78 is 9.02. The lowest BCUT2D eigenvalue weighted by Gasteiger charge is -2.06. The van der Waals surface area contributed by atoms with Crippen LogP contribution >= 0.6 is 0 Å². The summed E-state index contributed by atoms with van der Waals surface area (Å²) in [5.41, 5.74) is 0.524. The fraction of sp³-hybridized carbons (Fsp3) is 0.286. The van der Waals surface area contributed by atoms with Gasteiger partial charge in [-0.3, -0.25) is 14.9 Å². The number of hydrogen-bond donors (Lipinski definition) is 0. The lowest BCUT2D eigenvalue weighted by molar-refractivity contribution is -0.384. The first-order valence-corrected chi connectivity index (χ1v) is 5.83. The third kappa shape index (κ3) is 4.04. The number of nitro benzene ring substituents is 1. The lowest BCUT2D eigenvalue weighted by atomic mass is 10.0. The van der Waals surface area contributed by atoms with Crippen LogP contribution in [0.15, 0.2) is 12.1 Å². The molecule has 0 unspecified atom stereocenters. The van der Waals surface area contributed by atoms with Crippen molar-refractivity contribution in [2.75, 3.05) is 14.2 Å². The maximum absolute atomic E-state index is 11.6. The predicted octanol–water partition coefficient (Wildman–Crippen LogP) is 1.60. The van der Waals surface area contributed by atoms with Crippen LogP contribution in [-0.4, -0.2) is 31.1 Å². The number of hydrogen-bond acceptors (Lipinski definition) is 6. The van der Waals surface area contributed by atoms with E-state index in [0.29, 0.717) is 5.56 Å². The molecule has 7 nitrogen and oxygen atoms in total. The molecule has 1 aromatic rings. The number of nitro groups is 1. The van der Waals surface area contributed by atoms with Gasteiger partial charge in [-0.25, -0.2) is 4.79 Å². The van der Waals surface area contributed by atoms with Gasteiger partial charge in [0.1, 0.15) is 6.42 Å². The minimum absolute atomic E-state index is 0.0640. The summed E-state index contributed by atoms with van der Waals surface area (Å²) in [6, 6.07) is 2.37. The van der Waals surface area contributed by atoms with Gasteiger partial charge >= 0.3 is 11.9 Å². The van der Waals surface area contributed by atoms with E-state index < -0.39 is 16.9 Å². The van der Waals surface area contributed by atoms with Crippen LogP contribution in [0.1, 0.15) is 27.9 Å². The van der Waals surface area contributed by atoms with Gasteiger partial charge in [-0.2, -0.15) is 0 Å². The zero-order chi connectivity index (χ0) is 16.0. The molecule has 0 saturated carbocycles. The first-order chi connectivity index (χ1) is 9.90. The largest absolute Gasteiger partial charge is 0.468 e. The SMILES string of the molecule is COC(=O)CC#Cc1cc([N+](=O)[O-])cc(C(=O)OC)c1C. The first kappa shape index (κ1) is 16.2. The minimum Gasteiger partial charge on any atom is -0.468 e. The fourth-order valence-corrected chi connectivity index (χ4v) is 1.54. The molecule has 0 amide bonds. The zero-order valence-corrected chi connectivity index (χ0v) is 11.8. The molecule has 0 spiro atoms. The molecule has 0 heterocycles. The van der Waals surface area contributed by atoms with Gasteiger partial charge in [-0.1, -0.05) is 11.8 Å². The third-order valence-corrected chi connectivity index (χ3v) is 2.69. The highest BCUT2D eigenvalue weighted by molar-refractivity contribution is 5.92. The Bertz CT molecular complexity index is 653. The fourth-order valence-electron chi connectivity index (χ4n) is 1.54. The van der Waals surface area contributed by atoms with Crippen LogP contribution in [0, 0.1) is 28.9 Å². The molecule has 0 radical (unpaired) electrons. The molecule has 7 heteroatoms. The van der Waals surface area contributed by atoms with Crippen molar-refractivity contribution in [2.24, 2.45) is 0 Å². The highest BCUT2D eigenvalue weighted by Gasteiger charge is 2.18. The number of methoxy groups -OCH3 is 2. The van der Waals surface area contributed by atoms with Crippen molar-refractivity contribution in [1.29, 1.82) is 0 Å². The Kier molecular flexibility index (Phi) is 5.43. The Balaban J connectivity index is 3.30. The maximum atomic E-state index is 11.6. The van der Waals surface area contributed by atoms with E-state index in [2.05, 4.69) is 21.3 Å². The molecule has 1 rings (SSSR count). The average Bonchev–Trinajstić information content (AvgIpc) is 2.47. The second-order valence-corrected chi connectivity index (χ2v) is 3.97. The molecule has 1 aromatic carbocycles. The van der Waals surface area contributed by atoms with E-state index in [-0.39, 0.29) is 23.2 Å². The van der Waals surface area contributed by atoms with Crippen LogP contribution in [0.5, 0.6) is 0 Å². The molecular weight excluding hydrogens is 278 g/mol. The van der Waals surface area contributed by atoms with E-state index in [1.807, 2.05) is 0 Å². The second-order valence-electron chi connectivity index (χ2n) is 3.97. The van der Waals surface area contributed by atoms with Gasteiger partial charge < -0.3 is 9.47 Å². The summed E-state index contributed by atoms with van der Waals surface area (Å²) in [5.74, 6) is 3.97. The molecule has 0 N–H and O–H groups in total. The maximum Gasteiger partial charge on any atom is 0.338 e. The number of benzene rings is 1. The first-order valence-electron chi connectivity index (χ1n) is 5.83. The smallest absolute Gasteiger partial charge is 0.338 e. The van der Waals surface area contributed by atoms with Crippen molar-refractivity contribution < 1.29 is 24.0 Å². The Morgan fingerprint density at radius 2 is 1.95 bits per heavy atom. The van der Waals surface area contributed by atoms with Crippen LogP contribution < -0.4 is 0 Å². The summed E-state index contributed by atoms with van der Waals surface area (Å²) in [6.07, 6.45) is -0.147. The highest BCUT2D eigenvalue weighted by Crippen LogP contribution is 2.22. The Morgan fingerprint density at radius 3 is 2.48 bits per heavy atom. The lowest BCUT2D eigenvalue weighted by Crippen LogP contribution is -2.06. The summed E-state index contributed by atoms with van der Waals surface area (Å²) in [6.45, 7) is 1.60. The number of carbonyl (C=O) groups is 2. The van der Waals surface area contributed by atoms with Crippen LogP contribution in [0.2, 0.25) is 0 Å². The normalized spacial score (nSPS) is 9.29. The van der Waals surface area contributed by atoms with Crippen molar-refractivity contribution in [3.05, 3.63) is 38.9 Å². The predicted molar refractivity (Wildman–Crippen MR) is 72.7 cm³/mol. The van der Waals surface area contributed by atoms with Crippen LogP contribution in [0.3, 0.4) is 0 Å². The Hall–Kier alpha value is -2.88. The monoisotopic (exact) mass is 291 g/mol. The Morgan fingerprint density at radius 1 is 1.29 bits per heavy atom. The number of ether oxygens (including phenoxy) is 2. The second kappa shape index (κ2) is 7.05. The quantitative estimate of drug-likeness (QED) is 0.363. The molecule has 110 valence electrons. The van der Waals surface area contributed by atoms with Crippen LogP contribution in [0.4, 0.5) is 5.69 Å². The van der Waals surface area contributed by atoms with E-state index in [9.17, 15) is 19.7 Å². The van der Waals surface area contributed by atoms with E-state index in [4.69, 9.17) is 0 Å². The molecule has 0 aromatic heterocycles. The zero-order valence-electron chi connectivity index (χ0n) is 11.8. The number of non-ortho nitro benzene ring substituents is 1. The summed E-state index contributed by atoms with van der Waals surface area (Å²) in [5, 5.41) is 10.9. The summed E-state index contributed by atoms with van der Waals surface area (Å²) >= 11 is 0. The van der Waals surface area contributed by atoms with Crippen LogP contribution in [-0.2, 0) is 14.3 Å². The average molecular weight is 291 g/mol. The van der Waals surface area contributed by atoms with Gasteiger partial charge in [0.25, 0.3) is 5.69 Å². The van der Waals surface area contributed by atoms with Crippen molar-refractivity contribution in [2.45, 2.75) is 13.3 Å². The molecule has 21 heavy (non-hydrogen) atoms. The van der Waals surface area contributed by atoms with E-state index in [1.54, 1.807) is 6.92 Å². The third-order valence-electron chi connectivity index (χ3n) is 2.69. The molecule has 0 aliphatic heterocycles. The molecule has 0 aliphatic carbocycles. The topological polar surface area (TPSA) is 95.7 Å². The number of rotatable bonds is 3. The van der Waals surface area contributed by atoms with Gasteiger partial charge in [0.05, 0.1) is 24.7 Å². The molecule has 0 fully saturated rings. The van der Waals surface area contributed by atoms with Crippen molar-refractivity contribution in [3.8, 4) is 11.8 Å². The number of carbonyl (C=O) groups excluding carboxylic acids is 2. The number of esters is 2. The Labute approximate surface area is 121 Å². The van der Waals surface area contributed by atoms with E-state index in [1.165, 1.54) is 20.3 Å². The highest BCUT2D eigenvalue weighted by atomic mass is 16.6. The molecular formula is C14H13NO6. The van der Waals surface area contributed by atoms with Gasteiger partial charge in [0.15, 0.2) is 0 Å². The summed E-state index contributed by atoms with van der Waals surface area (Å²) in [4.78, 5) is 32.9. The molecule has 0 saturated heterocycles.